The fourth-order valence-electron chi connectivity index (χ4n) is 1.96. The largest absolute Gasteiger partial charge is 0.384 e. The van der Waals surface area contributed by atoms with E-state index < -0.39 is 0 Å². The molecule has 4 nitrogen and oxygen atoms in total. The van der Waals surface area contributed by atoms with Crippen LogP contribution in [0.4, 0.5) is 5.69 Å². The second-order valence-electron chi connectivity index (χ2n) is 4.10. The number of benzene rings is 1. The van der Waals surface area contributed by atoms with E-state index in [1.165, 1.54) is 0 Å². The van der Waals surface area contributed by atoms with E-state index in [9.17, 15) is 9.59 Å². The quantitative estimate of drug-likeness (QED) is 0.628. The van der Waals surface area contributed by atoms with Crippen molar-refractivity contribution in [3.8, 4) is 11.8 Å². The molecule has 1 fully saturated rings. The third-order valence-corrected chi connectivity index (χ3v) is 3.02. The first-order chi connectivity index (χ1) is 9.13. The van der Waals surface area contributed by atoms with E-state index in [-0.39, 0.29) is 18.4 Å². The minimum atomic E-state index is -0.298. The molecule has 0 aromatic heterocycles. The molecule has 0 radical (unpaired) electrons. The predicted molar refractivity (Wildman–Crippen MR) is 71.8 cm³/mol. The Morgan fingerprint density at radius 2 is 1.95 bits per heavy atom. The van der Waals surface area contributed by atoms with Gasteiger partial charge in [-0.3, -0.25) is 9.59 Å². The Balaban J connectivity index is 2.48. The number of halogens is 1. The maximum Gasteiger partial charge on any atom is 0.233 e. The molecule has 1 aromatic carbocycles. The summed E-state index contributed by atoms with van der Waals surface area (Å²) in [5.74, 6) is 4.75. The van der Waals surface area contributed by atoms with Crippen LogP contribution in [0, 0.1) is 11.8 Å². The SMILES string of the molecule is O=C1CCCC(=O)N1c1ccc(Cl)cc1C#CCO. The number of anilines is 1. The van der Waals surface area contributed by atoms with Crippen LogP contribution in [0.15, 0.2) is 18.2 Å². The molecule has 1 saturated heterocycles. The van der Waals surface area contributed by atoms with Gasteiger partial charge >= 0.3 is 0 Å². The Hall–Kier alpha value is -1.83. The van der Waals surface area contributed by atoms with Gasteiger partial charge in [0.15, 0.2) is 0 Å². The lowest BCUT2D eigenvalue weighted by Crippen LogP contribution is -2.40. The fraction of sp³-hybridized carbons (Fsp3) is 0.286. The summed E-state index contributed by atoms with van der Waals surface area (Å²) in [6, 6.07) is 4.79. The highest BCUT2D eigenvalue weighted by atomic mass is 35.5. The van der Waals surface area contributed by atoms with Crippen LogP contribution in [-0.2, 0) is 9.59 Å². The van der Waals surface area contributed by atoms with E-state index in [1.54, 1.807) is 18.2 Å². The van der Waals surface area contributed by atoms with Crippen LogP contribution in [0.3, 0.4) is 0 Å². The van der Waals surface area contributed by atoms with Crippen molar-refractivity contribution < 1.29 is 14.7 Å². The molecule has 1 aromatic rings. The van der Waals surface area contributed by atoms with Gasteiger partial charge in [-0.05, 0) is 24.6 Å². The van der Waals surface area contributed by atoms with E-state index >= 15 is 0 Å². The van der Waals surface area contributed by atoms with Crippen LogP contribution in [0.1, 0.15) is 24.8 Å². The monoisotopic (exact) mass is 277 g/mol. The lowest BCUT2D eigenvalue weighted by atomic mass is 10.1. The molecule has 98 valence electrons. The molecule has 0 unspecified atom stereocenters. The van der Waals surface area contributed by atoms with Crippen molar-refractivity contribution in [1.82, 2.24) is 0 Å². The van der Waals surface area contributed by atoms with Gasteiger partial charge in [0.2, 0.25) is 11.8 Å². The molecule has 0 aliphatic carbocycles. The minimum Gasteiger partial charge on any atom is -0.384 e. The smallest absolute Gasteiger partial charge is 0.233 e. The number of amides is 2. The van der Waals surface area contributed by atoms with Crippen molar-refractivity contribution in [2.24, 2.45) is 0 Å². The maximum atomic E-state index is 11.9. The Morgan fingerprint density at radius 3 is 2.58 bits per heavy atom. The Kier molecular flexibility index (Phi) is 4.20. The molecular weight excluding hydrogens is 266 g/mol. The lowest BCUT2D eigenvalue weighted by Gasteiger charge is -2.25. The number of carbonyl (C=O) groups is 2. The second-order valence-corrected chi connectivity index (χ2v) is 4.53. The minimum absolute atomic E-state index is 0.231. The molecule has 0 atom stereocenters. The number of hydrogen-bond donors (Lipinski definition) is 1. The van der Waals surface area contributed by atoms with Gasteiger partial charge in [0.1, 0.15) is 6.61 Å². The molecule has 1 heterocycles. The van der Waals surface area contributed by atoms with Gasteiger partial charge in [-0.25, -0.2) is 4.90 Å². The van der Waals surface area contributed by atoms with Gasteiger partial charge in [-0.2, -0.15) is 0 Å². The third kappa shape index (κ3) is 2.95. The molecular formula is C14H12ClNO3. The van der Waals surface area contributed by atoms with E-state index in [4.69, 9.17) is 16.7 Å². The zero-order valence-electron chi connectivity index (χ0n) is 10.1. The summed E-state index contributed by atoms with van der Waals surface area (Å²) in [7, 11) is 0. The number of aliphatic hydroxyl groups is 1. The second kappa shape index (κ2) is 5.87. The first kappa shape index (κ1) is 13.6. The van der Waals surface area contributed by atoms with E-state index in [1.807, 2.05) is 0 Å². The molecule has 1 N–H and O–H groups in total. The van der Waals surface area contributed by atoms with E-state index in [0.29, 0.717) is 35.5 Å². The number of carbonyl (C=O) groups excluding carboxylic acids is 2. The third-order valence-electron chi connectivity index (χ3n) is 2.78. The van der Waals surface area contributed by atoms with Gasteiger partial charge in [0.25, 0.3) is 0 Å². The average Bonchev–Trinajstić information content (AvgIpc) is 2.38. The first-order valence-corrected chi connectivity index (χ1v) is 6.26. The van der Waals surface area contributed by atoms with Crippen molar-refractivity contribution >= 4 is 29.1 Å². The van der Waals surface area contributed by atoms with Crippen molar-refractivity contribution in [2.75, 3.05) is 11.5 Å². The number of piperidine rings is 1. The van der Waals surface area contributed by atoms with Gasteiger partial charge < -0.3 is 5.11 Å². The molecule has 0 bridgehead atoms. The summed E-state index contributed by atoms with van der Waals surface area (Å²) in [4.78, 5) is 24.9. The van der Waals surface area contributed by atoms with Crippen molar-refractivity contribution in [3.05, 3.63) is 28.8 Å². The van der Waals surface area contributed by atoms with Crippen LogP contribution >= 0.6 is 11.6 Å². The lowest BCUT2D eigenvalue weighted by molar-refractivity contribution is -0.129. The molecule has 5 heteroatoms. The van der Waals surface area contributed by atoms with Crippen LogP contribution in [0.5, 0.6) is 0 Å². The normalized spacial score (nSPS) is 15.2. The van der Waals surface area contributed by atoms with E-state index in [0.717, 1.165) is 4.90 Å². The summed E-state index contributed by atoms with van der Waals surface area (Å²) in [6.07, 6.45) is 1.28. The summed E-state index contributed by atoms with van der Waals surface area (Å²) in [5.41, 5.74) is 0.894. The average molecular weight is 278 g/mol. The molecule has 2 rings (SSSR count). The summed E-state index contributed by atoms with van der Waals surface area (Å²) >= 11 is 5.89. The van der Waals surface area contributed by atoms with Crippen molar-refractivity contribution in [2.45, 2.75) is 19.3 Å². The summed E-state index contributed by atoms with van der Waals surface area (Å²) in [5, 5.41) is 9.21. The summed E-state index contributed by atoms with van der Waals surface area (Å²) < 4.78 is 0. The Labute approximate surface area is 116 Å². The first-order valence-electron chi connectivity index (χ1n) is 5.88. The van der Waals surface area contributed by atoms with Crippen LogP contribution in [-0.4, -0.2) is 23.5 Å². The highest BCUT2D eigenvalue weighted by Gasteiger charge is 2.28. The number of nitrogens with zero attached hydrogens (tertiary/aromatic N) is 1. The number of hydrogen-bond acceptors (Lipinski definition) is 3. The zero-order valence-corrected chi connectivity index (χ0v) is 10.9. The molecule has 0 spiro atoms. The molecule has 2 amide bonds. The topological polar surface area (TPSA) is 57.6 Å². The Morgan fingerprint density at radius 1 is 1.26 bits per heavy atom. The maximum absolute atomic E-state index is 11.9. The highest BCUT2D eigenvalue weighted by Crippen LogP contribution is 2.27. The molecule has 1 aliphatic heterocycles. The predicted octanol–water partition coefficient (Wildman–Crippen LogP) is 1.73. The van der Waals surface area contributed by atoms with Gasteiger partial charge in [-0.15, -0.1) is 0 Å². The van der Waals surface area contributed by atoms with Crippen LogP contribution in [0.25, 0.3) is 0 Å². The summed E-state index contributed by atoms with van der Waals surface area (Å²) in [6.45, 7) is -0.298. The zero-order chi connectivity index (χ0) is 13.8. The van der Waals surface area contributed by atoms with Gasteiger partial charge in [-0.1, -0.05) is 23.4 Å². The molecule has 19 heavy (non-hydrogen) atoms. The fourth-order valence-corrected chi connectivity index (χ4v) is 2.13. The number of imide groups is 1. The van der Waals surface area contributed by atoms with Gasteiger partial charge in [0, 0.05) is 17.9 Å². The Bertz CT molecular complexity index is 570. The van der Waals surface area contributed by atoms with Crippen molar-refractivity contribution in [1.29, 1.82) is 0 Å². The van der Waals surface area contributed by atoms with Crippen molar-refractivity contribution in [3.63, 3.8) is 0 Å². The van der Waals surface area contributed by atoms with Gasteiger partial charge in [0.05, 0.1) is 11.3 Å². The number of aliphatic hydroxyl groups excluding tert-OH is 1. The standard InChI is InChI=1S/C14H12ClNO3/c15-11-6-7-12(10(9-11)3-2-8-17)16-13(18)4-1-5-14(16)19/h6-7,9,17H,1,4-5,8H2. The van der Waals surface area contributed by atoms with E-state index in [2.05, 4.69) is 11.8 Å². The van der Waals surface area contributed by atoms with Crippen LogP contribution < -0.4 is 4.90 Å². The number of rotatable bonds is 1. The highest BCUT2D eigenvalue weighted by molar-refractivity contribution is 6.31. The van der Waals surface area contributed by atoms with Crippen LogP contribution in [0.2, 0.25) is 5.02 Å². The molecule has 0 saturated carbocycles. The molecule has 1 aliphatic rings.